The minimum atomic E-state index is 0.0714. The van der Waals surface area contributed by atoms with Crippen molar-refractivity contribution in [1.29, 1.82) is 0 Å². The maximum Gasteiger partial charge on any atom is 0.228 e. The van der Waals surface area contributed by atoms with Crippen LogP contribution in [0.15, 0.2) is 42.9 Å². The molecule has 150 valence electrons. The molecule has 2 aliphatic rings. The average molecular weight is 391 g/mol. The number of hydrogen-bond donors (Lipinski definition) is 1. The number of pyridine rings is 1. The molecule has 0 bridgehead atoms. The maximum atomic E-state index is 12.6. The Balaban J connectivity index is 1.26. The van der Waals surface area contributed by atoms with Crippen LogP contribution in [0, 0.1) is 5.92 Å². The molecule has 29 heavy (non-hydrogen) atoms. The van der Waals surface area contributed by atoms with E-state index in [1.54, 1.807) is 4.68 Å². The predicted octanol–water partition coefficient (Wildman–Crippen LogP) is 2.68. The molecule has 5 rings (SSSR count). The third kappa shape index (κ3) is 3.75. The van der Waals surface area contributed by atoms with Gasteiger partial charge in [-0.15, -0.1) is 0 Å². The number of aryl methyl sites for hydroxylation is 1. The predicted molar refractivity (Wildman–Crippen MR) is 111 cm³/mol. The monoisotopic (exact) mass is 391 g/mol. The lowest BCUT2D eigenvalue weighted by atomic mass is 9.78. The molecule has 1 saturated heterocycles. The summed E-state index contributed by atoms with van der Waals surface area (Å²) in [5, 5.41) is 9.36. The Labute approximate surface area is 169 Å². The molecule has 1 aliphatic heterocycles. The fourth-order valence-electron chi connectivity index (χ4n) is 4.23. The van der Waals surface area contributed by atoms with Gasteiger partial charge in [0.25, 0.3) is 0 Å². The first kappa shape index (κ1) is 18.3. The van der Waals surface area contributed by atoms with E-state index in [0.29, 0.717) is 11.9 Å². The maximum absolute atomic E-state index is 12.6. The zero-order valence-electron chi connectivity index (χ0n) is 16.5. The quantitative estimate of drug-likeness (QED) is 0.740. The number of carbonyl (C=O) groups is 1. The average Bonchev–Trinajstić information content (AvgIpc) is 3.13. The van der Waals surface area contributed by atoms with Gasteiger partial charge >= 0.3 is 0 Å². The van der Waals surface area contributed by atoms with Gasteiger partial charge < -0.3 is 10.1 Å². The number of amides is 1. The molecule has 1 N–H and O–H groups in total. The van der Waals surface area contributed by atoms with Crippen LogP contribution in [0.3, 0.4) is 0 Å². The summed E-state index contributed by atoms with van der Waals surface area (Å²) in [6.07, 6.45) is 7.50. The summed E-state index contributed by atoms with van der Waals surface area (Å²) in [5.41, 5.74) is 2.17. The van der Waals surface area contributed by atoms with Crippen LogP contribution in [0.5, 0.6) is 0 Å². The minimum absolute atomic E-state index is 0.0714. The van der Waals surface area contributed by atoms with Crippen molar-refractivity contribution in [2.75, 3.05) is 31.6 Å². The summed E-state index contributed by atoms with van der Waals surface area (Å²) in [5.74, 6) is 0.757. The number of nitrogens with one attached hydrogen (secondary N) is 1. The van der Waals surface area contributed by atoms with E-state index in [1.807, 2.05) is 31.7 Å². The second kappa shape index (κ2) is 7.57. The second-order valence-electron chi connectivity index (χ2n) is 7.99. The molecule has 2 fully saturated rings. The van der Waals surface area contributed by atoms with Crippen LogP contribution in [0.25, 0.3) is 21.9 Å². The van der Waals surface area contributed by atoms with Crippen molar-refractivity contribution in [3.63, 3.8) is 0 Å². The lowest BCUT2D eigenvalue weighted by Crippen LogP contribution is -2.52. The fourth-order valence-corrected chi connectivity index (χ4v) is 4.23. The molecule has 7 heteroatoms. The highest BCUT2D eigenvalue weighted by Gasteiger charge is 2.38. The Hall–Kier alpha value is -2.77. The molecular formula is C22H25N5O2. The Kier molecular flexibility index (Phi) is 4.77. The molecule has 0 atom stereocenters. The van der Waals surface area contributed by atoms with Gasteiger partial charge in [0, 0.05) is 55.4 Å². The highest BCUT2D eigenvalue weighted by molar-refractivity contribution is 5.95. The van der Waals surface area contributed by atoms with E-state index in [-0.39, 0.29) is 11.8 Å². The van der Waals surface area contributed by atoms with Gasteiger partial charge in [-0.05, 0) is 35.9 Å². The van der Waals surface area contributed by atoms with Gasteiger partial charge in [-0.25, -0.2) is 4.98 Å². The van der Waals surface area contributed by atoms with Gasteiger partial charge in [-0.2, -0.15) is 5.10 Å². The van der Waals surface area contributed by atoms with Crippen molar-refractivity contribution in [3.05, 3.63) is 42.9 Å². The lowest BCUT2D eigenvalue weighted by molar-refractivity contribution is -0.125. The minimum Gasteiger partial charge on any atom is -0.379 e. The number of aromatic nitrogens is 3. The number of fused-ring (bicyclic) bond motifs is 1. The number of morpholine rings is 1. The summed E-state index contributed by atoms with van der Waals surface area (Å²) in [7, 11) is 1.91. The van der Waals surface area contributed by atoms with Gasteiger partial charge in [0.15, 0.2) is 0 Å². The van der Waals surface area contributed by atoms with Crippen molar-refractivity contribution in [1.82, 2.24) is 19.7 Å². The van der Waals surface area contributed by atoms with E-state index in [4.69, 9.17) is 4.74 Å². The number of nitrogens with zero attached hydrogens (tertiary/aromatic N) is 4. The van der Waals surface area contributed by atoms with Crippen molar-refractivity contribution in [2.45, 2.75) is 18.9 Å². The first-order valence-corrected chi connectivity index (χ1v) is 10.2. The molecule has 1 aromatic carbocycles. The van der Waals surface area contributed by atoms with Crippen LogP contribution in [0.2, 0.25) is 0 Å². The zero-order valence-corrected chi connectivity index (χ0v) is 16.5. The van der Waals surface area contributed by atoms with Crippen LogP contribution in [0.1, 0.15) is 12.8 Å². The summed E-state index contributed by atoms with van der Waals surface area (Å²) in [4.78, 5) is 19.5. The molecule has 0 unspecified atom stereocenters. The van der Waals surface area contributed by atoms with Crippen LogP contribution >= 0.6 is 0 Å². The molecule has 7 nitrogen and oxygen atoms in total. The molecule has 1 aliphatic carbocycles. The molecule has 3 heterocycles. The van der Waals surface area contributed by atoms with Crippen LogP contribution in [0.4, 0.5) is 5.82 Å². The van der Waals surface area contributed by atoms with Crippen molar-refractivity contribution in [2.24, 2.45) is 13.0 Å². The molecule has 1 saturated carbocycles. The number of ether oxygens (including phenoxy) is 1. The number of hydrogen-bond acceptors (Lipinski definition) is 5. The number of rotatable bonds is 4. The first-order valence-electron chi connectivity index (χ1n) is 10.2. The lowest BCUT2D eigenvalue weighted by Gasteiger charge is -2.43. The van der Waals surface area contributed by atoms with E-state index in [9.17, 15) is 4.79 Å². The molecule has 3 aromatic rings. The number of anilines is 1. The zero-order chi connectivity index (χ0) is 19.8. The van der Waals surface area contributed by atoms with Crippen LogP contribution < -0.4 is 5.32 Å². The van der Waals surface area contributed by atoms with E-state index in [1.165, 1.54) is 0 Å². The number of carbonyl (C=O) groups excluding carboxylic acids is 1. The van der Waals surface area contributed by atoms with Crippen LogP contribution in [-0.2, 0) is 16.6 Å². The van der Waals surface area contributed by atoms with Gasteiger partial charge in [0.1, 0.15) is 5.82 Å². The Morgan fingerprint density at radius 1 is 1.10 bits per heavy atom. The molecule has 1 amide bonds. The van der Waals surface area contributed by atoms with E-state index < -0.39 is 0 Å². The molecule has 2 aromatic heterocycles. The summed E-state index contributed by atoms with van der Waals surface area (Å²) in [6, 6.07) is 8.70. The van der Waals surface area contributed by atoms with Crippen molar-refractivity contribution in [3.8, 4) is 11.1 Å². The smallest absolute Gasteiger partial charge is 0.228 e. The molecular weight excluding hydrogens is 366 g/mol. The van der Waals surface area contributed by atoms with E-state index >= 15 is 0 Å². The van der Waals surface area contributed by atoms with Gasteiger partial charge in [-0.3, -0.25) is 14.4 Å². The van der Waals surface area contributed by atoms with Gasteiger partial charge in [-0.1, -0.05) is 12.1 Å². The van der Waals surface area contributed by atoms with Gasteiger partial charge in [0.05, 0.1) is 19.4 Å². The molecule has 0 spiro atoms. The van der Waals surface area contributed by atoms with Crippen molar-refractivity contribution < 1.29 is 9.53 Å². The SMILES string of the molecule is Cn1cc(-c2ccc3cnc(NC(=O)C4CC(N5CCOCC5)C4)cc3c2)cn1. The largest absolute Gasteiger partial charge is 0.379 e. The summed E-state index contributed by atoms with van der Waals surface area (Å²) in [6.45, 7) is 3.56. The highest BCUT2D eigenvalue weighted by Crippen LogP contribution is 2.33. The fraction of sp³-hybridized carbons (Fsp3) is 0.409. The van der Waals surface area contributed by atoms with E-state index in [0.717, 1.165) is 61.0 Å². The van der Waals surface area contributed by atoms with E-state index in [2.05, 4.69) is 38.5 Å². The first-order chi connectivity index (χ1) is 14.2. The molecule has 0 radical (unpaired) electrons. The van der Waals surface area contributed by atoms with Crippen LogP contribution in [-0.4, -0.2) is 57.9 Å². The third-order valence-corrected chi connectivity index (χ3v) is 6.06. The van der Waals surface area contributed by atoms with Crippen molar-refractivity contribution >= 4 is 22.5 Å². The number of benzene rings is 1. The summed E-state index contributed by atoms with van der Waals surface area (Å²) < 4.78 is 7.20. The highest BCUT2D eigenvalue weighted by atomic mass is 16.5. The normalized spacial score (nSPS) is 22.4. The second-order valence-corrected chi connectivity index (χ2v) is 7.99. The Bertz CT molecular complexity index is 1030. The van der Waals surface area contributed by atoms with Gasteiger partial charge in [0.2, 0.25) is 5.91 Å². The standard InChI is InChI=1S/C22H25N5O2/c1-26-14-19(13-24-26)15-2-3-16-12-23-21(11-17(16)8-15)25-22(28)18-9-20(10-18)27-4-6-29-7-5-27/h2-3,8,11-14,18,20H,4-7,9-10H2,1H3,(H,23,25,28). The summed E-state index contributed by atoms with van der Waals surface area (Å²) >= 11 is 0. The third-order valence-electron chi connectivity index (χ3n) is 6.06. The Morgan fingerprint density at radius 3 is 2.69 bits per heavy atom. The topological polar surface area (TPSA) is 72.3 Å². The Morgan fingerprint density at radius 2 is 1.93 bits per heavy atom.